The van der Waals surface area contributed by atoms with E-state index < -0.39 is 0 Å². The number of benzene rings is 2. The first-order valence-electron chi connectivity index (χ1n) is 7.48. The highest BCUT2D eigenvalue weighted by Gasteiger charge is 2.04. The van der Waals surface area contributed by atoms with Gasteiger partial charge in [0.25, 0.3) is 0 Å². The monoisotopic (exact) mass is 312 g/mol. The molecule has 23 heavy (non-hydrogen) atoms. The van der Waals surface area contributed by atoms with Crippen molar-refractivity contribution in [3.05, 3.63) is 53.6 Å². The Kier molecular flexibility index (Phi) is 6.17. The third-order valence-electron chi connectivity index (χ3n) is 2.97. The number of phenolic OH excluding ortho intramolecular Hbond substituents is 1. The molecule has 0 saturated carbocycles. The fourth-order valence-electron chi connectivity index (χ4n) is 1.94. The molecule has 0 saturated heterocycles. The van der Waals surface area contributed by atoms with Crippen LogP contribution >= 0.6 is 0 Å². The second-order valence-electron chi connectivity index (χ2n) is 4.62. The van der Waals surface area contributed by atoms with Gasteiger partial charge in [0.15, 0.2) is 11.5 Å². The van der Waals surface area contributed by atoms with Gasteiger partial charge in [0.2, 0.25) is 0 Å². The zero-order valence-corrected chi connectivity index (χ0v) is 13.3. The van der Waals surface area contributed by atoms with Gasteiger partial charge in [0, 0.05) is 5.56 Å². The molecule has 5 heteroatoms. The predicted molar refractivity (Wildman–Crippen MR) is 92.1 cm³/mol. The lowest BCUT2D eigenvalue weighted by Crippen LogP contribution is -1.99. The van der Waals surface area contributed by atoms with Crippen LogP contribution in [0.2, 0.25) is 0 Å². The third-order valence-corrected chi connectivity index (χ3v) is 2.97. The van der Waals surface area contributed by atoms with Crippen LogP contribution in [-0.4, -0.2) is 30.7 Å². The molecule has 0 heterocycles. The highest BCUT2D eigenvalue weighted by molar-refractivity contribution is 5.85. The van der Waals surface area contributed by atoms with Crippen molar-refractivity contribution in [2.45, 2.75) is 13.8 Å². The van der Waals surface area contributed by atoms with Crippen molar-refractivity contribution in [3.63, 3.8) is 0 Å². The molecule has 0 aliphatic carbocycles. The number of hydrogen-bond donors (Lipinski definition) is 1. The summed E-state index contributed by atoms with van der Waals surface area (Å²) in [6.07, 6.45) is 3.12. The summed E-state index contributed by atoms with van der Waals surface area (Å²) in [6.45, 7) is 5.00. The standard InChI is InChI=1S/C18H20N2O3/c1-3-22-17-10-9-14(11-18(17)23-4-2)12-19-20-13-15-7-5-6-8-16(15)21/h5-13,21H,3-4H2,1-2H3/b19-12+,20-13-. The van der Waals surface area contributed by atoms with Crippen LogP contribution in [0.5, 0.6) is 17.2 Å². The van der Waals surface area contributed by atoms with Gasteiger partial charge in [0.05, 0.1) is 25.6 Å². The van der Waals surface area contributed by atoms with E-state index in [9.17, 15) is 5.11 Å². The first-order chi connectivity index (χ1) is 11.2. The molecule has 0 spiro atoms. The number of nitrogens with zero attached hydrogens (tertiary/aromatic N) is 2. The lowest BCUT2D eigenvalue weighted by molar-refractivity contribution is 0.288. The Morgan fingerprint density at radius 1 is 0.913 bits per heavy atom. The van der Waals surface area contributed by atoms with Gasteiger partial charge in [-0.15, -0.1) is 0 Å². The largest absolute Gasteiger partial charge is 0.507 e. The average Bonchev–Trinajstić information content (AvgIpc) is 2.56. The Morgan fingerprint density at radius 3 is 2.35 bits per heavy atom. The van der Waals surface area contributed by atoms with Crippen LogP contribution in [0.15, 0.2) is 52.7 Å². The van der Waals surface area contributed by atoms with Gasteiger partial charge < -0.3 is 14.6 Å². The summed E-state index contributed by atoms with van der Waals surface area (Å²) >= 11 is 0. The van der Waals surface area contributed by atoms with Crippen molar-refractivity contribution >= 4 is 12.4 Å². The normalized spacial score (nSPS) is 11.2. The SMILES string of the molecule is CCOc1ccc(/C=N/N=C\c2ccccc2O)cc1OCC. The van der Waals surface area contributed by atoms with Gasteiger partial charge in [0.1, 0.15) is 5.75 Å². The number of para-hydroxylation sites is 1. The van der Waals surface area contributed by atoms with E-state index in [0.717, 1.165) is 5.56 Å². The third kappa shape index (κ3) is 4.85. The average molecular weight is 312 g/mol. The first-order valence-corrected chi connectivity index (χ1v) is 7.48. The van der Waals surface area contributed by atoms with E-state index in [-0.39, 0.29) is 5.75 Å². The van der Waals surface area contributed by atoms with Crippen molar-refractivity contribution in [2.24, 2.45) is 10.2 Å². The number of phenols is 1. The van der Waals surface area contributed by atoms with Gasteiger partial charge >= 0.3 is 0 Å². The Balaban J connectivity index is 2.10. The molecular weight excluding hydrogens is 292 g/mol. The number of aromatic hydroxyl groups is 1. The molecule has 0 aliphatic rings. The van der Waals surface area contributed by atoms with Crippen LogP contribution in [-0.2, 0) is 0 Å². The minimum absolute atomic E-state index is 0.172. The van der Waals surface area contributed by atoms with E-state index in [1.807, 2.05) is 38.1 Å². The van der Waals surface area contributed by atoms with E-state index in [1.54, 1.807) is 24.4 Å². The van der Waals surface area contributed by atoms with Gasteiger partial charge in [-0.3, -0.25) is 0 Å². The fraction of sp³-hybridized carbons (Fsp3) is 0.222. The van der Waals surface area contributed by atoms with Crippen molar-refractivity contribution < 1.29 is 14.6 Å². The van der Waals surface area contributed by atoms with E-state index >= 15 is 0 Å². The maximum absolute atomic E-state index is 9.63. The second-order valence-corrected chi connectivity index (χ2v) is 4.62. The molecule has 0 atom stereocenters. The molecule has 0 fully saturated rings. The number of rotatable bonds is 7. The molecule has 0 aromatic heterocycles. The number of hydrogen-bond acceptors (Lipinski definition) is 5. The Hall–Kier alpha value is -2.82. The van der Waals surface area contributed by atoms with Crippen LogP contribution in [0.1, 0.15) is 25.0 Å². The predicted octanol–water partition coefficient (Wildman–Crippen LogP) is 3.64. The first kappa shape index (κ1) is 16.5. The summed E-state index contributed by atoms with van der Waals surface area (Å²) in [5.41, 5.74) is 1.47. The highest BCUT2D eigenvalue weighted by Crippen LogP contribution is 2.28. The maximum Gasteiger partial charge on any atom is 0.161 e. The zero-order chi connectivity index (χ0) is 16.5. The zero-order valence-electron chi connectivity index (χ0n) is 13.3. The topological polar surface area (TPSA) is 63.4 Å². The fourth-order valence-corrected chi connectivity index (χ4v) is 1.94. The molecule has 0 radical (unpaired) electrons. The molecular formula is C18H20N2O3. The summed E-state index contributed by atoms with van der Waals surface area (Å²) in [5.74, 6) is 1.57. The van der Waals surface area contributed by atoms with Crippen LogP contribution in [0, 0.1) is 0 Å². The van der Waals surface area contributed by atoms with Crippen molar-refractivity contribution in [1.29, 1.82) is 0 Å². The number of ether oxygens (including phenoxy) is 2. The van der Waals surface area contributed by atoms with Gasteiger partial charge in [-0.05, 0) is 49.7 Å². The van der Waals surface area contributed by atoms with Gasteiger partial charge in [-0.1, -0.05) is 12.1 Å². The molecule has 5 nitrogen and oxygen atoms in total. The van der Waals surface area contributed by atoms with Crippen LogP contribution in [0.4, 0.5) is 0 Å². The minimum atomic E-state index is 0.172. The summed E-state index contributed by atoms with van der Waals surface area (Å²) in [6, 6.07) is 12.5. The lowest BCUT2D eigenvalue weighted by Gasteiger charge is -2.10. The molecule has 2 aromatic carbocycles. The summed E-state index contributed by atoms with van der Waals surface area (Å²) in [4.78, 5) is 0. The molecule has 0 amide bonds. The Labute approximate surface area is 135 Å². The smallest absolute Gasteiger partial charge is 0.161 e. The van der Waals surface area contributed by atoms with E-state index in [4.69, 9.17) is 9.47 Å². The van der Waals surface area contributed by atoms with Crippen LogP contribution < -0.4 is 9.47 Å². The van der Waals surface area contributed by atoms with E-state index in [1.165, 1.54) is 6.21 Å². The molecule has 120 valence electrons. The Morgan fingerprint density at radius 2 is 1.61 bits per heavy atom. The minimum Gasteiger partial charge on any atom is -0.507 e. The Bertz CT molecular complexity index is 696. The van der Waals surface area contributed by atoms with Crippen molar-refractivity contribution in [1.82, 2.24) is 0 Å². The van der Waals surface area contributed by atoms with Crippen molar-refractivity contribution in [2.75, 3.05) is 13.2 Å². The van der Waals surface area contributed by atoms with Gasteiger partial charge in [-0.2, -0.15) is 10.2 Å². The maximum atomic E-state index is 9.63. The molecule has 1 N–H and O–H groups in total. The summed E-state index contributed by atoms with van der Waals surface area (Å²) in [5, 5.41) is 17.6. The van der Waals surface area contributed by atoms with E-state index in [2.05, 4.69) is 10.2 Å². The lowest BCUT2D eigenvalue weighted by atomic mass is 10.2. The van der Waals surface area contributed by atoms with Crippen LogP contribution in [0.25, 0.3) is 0 Å². The van der Waals surface area contributed by atoms with E-state index in [0.29, 0.717) is 30.3 Å². The van der Waals surface area contributed by atoms with Crippen LogP contribution in [0.3, 0.4) is 0 Å². The summed E-state index contributed by atoms with van der Waals surface area (Å²) in [7, 11) is 0. The van der Waals surface area contributed by atoms with Crippen molar-refractivity contribution in [3.8, 4) is 17.2 Å². The molecule has 2 rings (SSSR count). The molecule has 0 bridgehead atoms. The highest BCUT2D eigenvalue weighted by atomic mass is 16.5. The molecule has 0 unspecified atom stereocenters. The van der Waals surface area contributed by atoms with Gasteiger partial charge in [-0.25, -0.2) is 0 Å². The summed E-state index contributed by atoms with van der Waals surface area (Å²) < 4.78 is 11.1. The quantitative estimate of drug-likeness (QED) is 0.627. The second kappa shape index (κ2) is 8.58. The molecule has 0 aliphatic heterocycles. The molecule has 2 aromatic rings.